The molecule has 0 radical (unpaired) electrons. The monoisotopic (exact) mass is 389 g/mol. The molecule has 0 unspecified atom stereocenters. The van der Waals surface area contributed by atoms with Crippen LogP contribution >= 0.6 is 0 Å². The molecule has 0 saturated carbocycles. The summed E-state index contributed by atoms with van der Waals surface area (Å²) in [5, 5.41) is 8.42. The number of aromatic nitrogens is 2. The predicted octanol–water partition coefficient (Wildman–Crippen LogP) is 3.63. The van der Waals surface area contributed by atoms with Gasteiger partial charge in [0, 0.05) is 41.9 Å². The van der Waals surface area contributed by atoms with Crippen molar-refractivity contribution in [2.24, 2.45) is 0 Å². The summed E-state index contributed by atoms with van der Waals surface area (Å²) in [5.74, 6) is -0.273. The zero-order valence-electron chi connectivity index (χ0n) is 15.9. The molecule has 3 N–H and O–H groups in total. The second kappa shape index (κ2) is 8.75. The summed E-state index contributed by atoms with van der Waals surface area (Å²) in [6, 6.07) is 13.8. The average Bonchev–Trinajstić information content (AvgIpc) is 2.70. The number of nitrogens with zero attached hydrogens (tertiary/aromatic N) is 2. The van der Waals surface area contributed by atoms with E-state index < -0.39 is 0 Å². The van der Waals surface area contributed by atoms with E-state index in [1.165, 1.54) is 26.2 Å². The highest BCUT2D eigenvalue weighted by Crippen LogP contribution is 2.17. The first-order chi connectivity index (χ1) is 13.9. The molecule has 2 aromatic carbocycles. The third-order valence-electron chi connectivity index (χ3n) is 3.90. The molecule has 0 fully saturated rings. The van der Waals surface area contributed by atoms with E-state index in [0.717, 1.165) is 5.69 Å². The van der Waals surface area contributed by atoms with Gasteiger partial charge in [-0.25, -0.2) is 9.97 Å². The molecular formula is C21H19N5O3. The Balaban J connectivity index is 1.63. The van der Waals surface area contributed by atoms with Gasteiger partial charge < -0.3 is 16.0 Å². The van der Waals surface area contributed by atoms with Gasteiger partial charge >= 0.3 is 0 Å². The summed E-state index contributed by atoms with van der Waals surface area (Å²) < 4.78 is 0. The van der Waals surface area contributed by atoms with Gasteiger partial charge in [0.1, 0.15) is 0 Å². The Hall–Kier alpha value is -4.07. The minimum Gasteiger partial charge on any atom is -0.326 e. The van der Waals surface area contributed by atoms with Crippen molar-refractivity contribution < 1.29 is 14.4 Å². The van der Waals surface area contributed by atoms with Crippen molar-refractivity contribution in [3.05, 3.63) is 72.1 Å². The van der Waals surface area contributed by atoms with E-state index in [2.05, 4.69) is 25.9 Å². The number of carbonyl (C=O) groups excluding carboxylic acids is 3. The topological polar surface area (TPSA) is 113 Å². The lowest BCUT2D eigenvalue weighted by Gasteiger charge is -2.08. The standard InChI is InChI=1S/C21H19N5O3/c1-13(27)15-4-3-5-19(10-15)25-20(29)16-11-22-21(23-12-16)26-18-8-6-17(7-9-18)24-14(2)28/h3-12H,1-2H3,(H,24,28)(H,25,29)(H,22,23,26). The molecule has 2 amide bonds. The molecule has 0 aliphatic rings. The van der Waals surface area contributed by atoms with Gasteiger partial charge in [0.2, 0.25) is 11.9 Å². The Bertz CT molecular complexity index is 1050. The minimum absolute atomic E-state index is 0.0787. The van der Waals surface area contributed by atoms with Crippen molar-refractivity contribution in [1.82, 2.24) is 9.97 Å². The maximum absolute atomic E-state index is 12.4. The first-order valence-corrected chi connectivity index (χ1v) is 8.80. The van der Waals surface area contributed by atoms with Crippen LogP contribution in [-0.2, 0) is 4.79 Å². The predicted molar refractivity (Wildman–Crippen MR) is 110 cm³/mol. The molecule has 0 aliphatic heterocycles. The lowest BCUT2D eigenvalue weighted by molar-refractivity contribution is -0.114. The lowest BCUT2D eigenvalue weighted by atomic mass is 10.1. The molecule has 8 heteroatoms. The van der Waals surface area contributed by atoms with Crippen LogP contribution in [0.25, 0.3) is 0 Å². The van der Waals surface area contributed by atoms with Gasteiger partial charge in [-0.2, -0.15) is 0 Å². The summed E-state index contributed by atoms with van der Waals surface area (Å²) in [7, 11) is 0. The molecule has 8 nitrogen and oxygen atoms in total. The Labute approximate surface area is 167 Å². The van der Waals surface area contributed by atoms with Gasteiger partial charge in [-0.3, -0.25) is 14.4 Å². The van der Waals surface area contributed by atoms with Crippen LogP contribution < -0.4 is 16.0 Å². The Morgan fingerprint density at radius 1 is 0.759 bits per heavy atom. The summed E-state index contributed by atoms with van der Waals surface area (Å²) in [5.41, 5.74) is 2.74. The van der Waals surface area contributed by atoms with Crippen molar-refractivity contribution in [2.75, 3.05) is 16.0 Å². The highest BCUT2D eigenvalue weighted by atomic mass is 16.2. The fourth-order valence-electron chi connectivity index (χ4n) is 2.50. The zero-order chi connectivity index (χ0) is 20.8. The summed E-state index contributed by atoms with van der Waals surface area (Å²) in [4.78, 5) is 43.1. The molecule has 0 spiro atoms. The summed E-state index contributed by atoms with van der Waals surface area (Å²) >= 11 is 0. The third kappa shape index (κ3) is 5.46. The normalized spacial score (nSPS) is 10.1. The molecule has 1 aromatic heterocycles. The van der Waals surface area contributed by atoms with Crippen molar-refractivity contribution in [2.45, 2.75) is 13.8 Å². The van der Waals surface area contributed by atoms with E-state index in [1.54, 1.807) is 48.5 Å². The first kappa shape index (κ1) is 19.7. The number of carbonyl (C=O) groups is 3. The highest BCUT2D eigenvalue weighted by Gasteiger charge is 2.09. The summed E-state index contributed by atoms with van der Waals surface area (Å²) in [6.45, 7) is 2.91. The summed E-state index contributed by atoms with van der Waals surface area (Å²) in [6.07, 6.45) is 2.82. The number of rotatable bonds is 6. The van der Waals surface area contributed by atoms with Crippen LogP contribution in [0, 0.1) is 0 Å². The van der Waals surface area contributed by atoms with Crippen LogP contribution in [0.1, 0.15) is 34.6 Å². The fourth-order valence-corrected chi connectivity index (χ4v) is 2.50. The number of hydrogen-bond donors (Lipinski definition) is 3. The first-order valence-electron chi connectivity index (χ1n) is 8.80. The number of ketones is 1. The van der Waals surface area contributed by atoms with Crippen LogP contribution in [0.5, 0.6) is 0 Å². The van der Waals surface area contributed by atoms with Crippen molar-refractivity contribution in [3.8, 4) is 0 Å². The van der Waals surface area contributed by atoms with E-state index in [-0.39, 0.29) is 23.2 Å². The molecule has 3 aromatic rings. The Morgan fingerprint density at radius 3 is 2.03 bits per heavy atom. The van der Waals surface area contributed by atoms with Crippen LogP contribution in [0.2, 0.25) is 0 Å². The smallest absolute Gasteiger partial charge is 0.258 e. The van der Waals surface area contributed by atoms with Crippen LogP contribution in [0.4, 0.5) is 23.0 Å². The van der Waals surface area contributed by atoms with Gasteiger partial charge in [-0.1, -0.05) is 12.1 Å². The number of nitrogens with one attached hydrogen (secondary N) is 3. The second-order valence-corrected chi connectivity index (χ2v) is 6.27. The maximum Gasteiger partial charge on any atom is 0.258 e. The maximum atomic E-state index is 12.4. The number of amides is 2. The molecule has 146 valence electrons. The molecule has 3 rings (SSSR count). The highest BCUT2D eigenvalue weighted by molar-refractivity contribution is 6.04. The molecule has 0 saturated heterocycles. The number of benzene rings is 2. The molecule has 0 atom stereocenters. The number of anilines is 4. The Morgan fingerprint density at radius 2 is 1.41 bits per heavy atom. The van der Waals surface area contributed by atoms with E-state index >= 15 is 0 Å². The van der Waals surface area contributed by atoms with Crippen LogP contribution in [0.3, 0.4) is 0 Å². The van der Waals surface area contributed by atoms with Crippen LogP contribution in [0.15, 0.2) is 60.9 Å². The molecular weight excluding hydrogens is 370 g/mol. The van der Waals surface area contributed by atoms with Crippen LogP contribution in [-0.4, -0.2) is 27.6 Å². The van der Waals surface area contributed by atoms with Crippen molar-refractivity contribution in [3.63, 3.8) is 0 Å². The van der Waals surface area contributed by atoms with E-state index in [0.29, 0.717) is 22.9 Å². The number of Topliss-reactive ketones (excluding diaryl/α,β-unsaturated/α-hetero) is 1. The van der Waals surface area contributed by atoms with Gasteiger partial charge in [0.05, 0.1) is 5.56 Å². The van der Waals surface area contributed by atoms with Gasteiger partial charge in [0.15, 0.2) is 5.78 Å². The minimum atomic E-state index is -0.378. The largest absolute Gasteiger partial charge is 0.326 e. The Kier molecular flexibility index (Phi) is 5.94. The molecule has 0 bridgehead atoms. The second-order valence-electron chi connectivity index (χ2n) is 6.27. The van der Waals surface area contributed by atoms with Gasteiger partial charge in [-0.15, -0.1) is 0 Å². The quantitative estimate of drug-likeness (QED) is 0.555. The van der Waals surface area contributed by atoms with E-state index in [9.17, 15) is 14.4 Å². The SMILES string of the molecule is CC(=O)Nc1ccc(Nc2ncc(C(=O)Nc3cccc(C(C)=O)c3)cn2)cc1. The zero-order valence-corrected chi connectivity index (χ0v) is 15.9. The fraction of sp³-hybridized carbons (Fsp3) is 0.0952. The third-order valence-corrected chi connectivity index (χ3v) is 3.90. The lowest BCUT2D eigenvalue weighted by Crippen LogP contribution is -2.13. The van der Waals surface area contributed by atoms with Gasteiger partial charge in [0.25, 0.3) is 5.91 Å². The van der Waals surface area contributed by atoms with E-state index in [4.69, 9.17) is 0 Å². The average molecular weight is 389 g/mol. The number of hydrogen-bond acceptors (Lipinski definition) is 6. The van der Waals surface area contributed by atoms with Crippen molar-refractivity contribution >= 4 is 40.6 Å². The van der Waals surface area contributed by atoms with Crippen molar-refractivity contribution in [1.29, 1.82) is 0 Å². The van der Waals surface area contributed by atoms with Gasteiger partial charge in [-0.05, 0) is 43.3 Å². The van der Waals surface area contributed by atoms with E-state index in [1.807, 2.05) is 0 Å². The molecule has 29 heavy (non-hydrogen) atoms. The molecule has 1 heterocycles. The molecule has 0 aliphatic carbocycles.